The van der Waals surface area contributed by atoms with Crippen LogP contribution in [0.4, 0.5) is 0 Å². The number of methoxy groups -OCH3 is 1. The molecule has 2 saturated carbocycles. The molecule has 2 fully saturated rings. The van der Waals surface area contributed by atoms with E-state index in [1.807, 2.05) is 18.6 Å². The molecule has 1 aromatic carbocycles. The van der Waals surface area contributed by atoms with Crippen LogP contribution in [0.5, 0.6) is 5.75 Å². The number of ether oxygens (including phenoxy) is 1. The first kappa shape index (κ1) is 17.7. The number of para-hydroxylation sites is 1. The largest absolute Gasteiger partial charge is 0.496 e. The van der Waals surface area contributed by atoms with Gasteiger partial charge in [0.05, 0.1) is 36.9 Å². The van der Waals surface area contributed by atoms with Gasteiger partial charge in [-0.1, -0.05) is 24.3 Å². The summed E-state index contributed by atoms with van der Waals surface area (Å²) in [4.78, 5) is 4.32. The van der Waals surface area contributed by atoms with Crippen LogP contribution in [0.15, 0.2) is 48.9 Å². The normalized spacial score (nSPS) is 23.6. The minimum absolute atomic E-state index is 0.302. The molecule has 0 spiro atoms. The quantitative estimate of drug-likeness (QED) is 0.663. The smallest absolute Gasteiger partial charge is 0.122 e. The van der Waals surface area contributed by atoms with Crippen LogP contribution in [0.25, 0.3) is 5.52 Å². The number of fused-ring (bicyclic) bond motifs is 1. The van der Waals surface area contributed by atoms with Crippen molar-refractivity contribution in [1.29, 1.82) is 0 Å². The van der Waals surface area contributed by atoms with Crippen molar-refractivity contribution in [1.82, 2.24) is 9.38 Å². The van der Waals surface area contributed by atoms with Gasteiger partial charge in [0.15, 0.2) is 0 Å². The Hall–Kier alpha value is -2.33. The van der Waals surface area contributed by atoms with E-state index >= 15 is 0 Å². The fourth-order valence-corrected chi connectivity index (χ4v) is 5.06. The van der Waals surface area contributed by atoms with Crippen molar-refractivity contribution in [2.24, 2.45) is 5.92 Å². The molecular weight excluding hydrogens is 348 g/mol. The predicted octanol–water partition coefficient (Wildman–Crippen LogP) is 5.23. The number of imidazole rings is 1. The van der Waals surface area contributed by atoms with Crippen molar-refractivity contribution in [2.45, 2.75) is 56.5 Å². The van der Waals surface area contributed by atoms with Crippen LogP contribution >= 0.6 is 0 Å². The Morgan fingerprint density at radius 2 is 1.68 bits per heavy atom. The average molecular weight is 377 g/mol. The van der Waals surface area contributed by atoms with E-state index in [4.69, 9.17) is 4.74 Å². The molecule has 2 aliphatic rings. The third-order valence-corrected chi connectivity index (χ3v) is 6.75. The minimum atomic E-state index is -0.424. The van der Waals surface area contributed by atoms with Crippen LogP contribution in [0.3, 0.4) is 0 Å². The van der Waals surface area contributed by atoms with Gasteiger partial charge in [0.2, 0.25) is 0 Å². The lowest BCUT2D eigenvalue weighted by atomic mass is 9.75. The van der Waals surface area contributed by atoms with Crippen LogP contribution < -0.4 is 4.74 Å². The lowest BCUT2D eigenvalue weighted by molar-refractivity contribution is 0.0752. The first-order chi connectivity index (χ1) is 13.8. The highest BCUT2D eigenvalue weighted by Crippen LogP contribution is 2.47. The zero-order valence-corrected chi connectivity index (χ0v) is 16.4. The molecule has 146 valence electrons. The zero-order chi connectivity index (χ0) is 19.1. The van der Waals surface area contributed by atoms with Crippen molar-refractivity contribution in [2.75, 3.05) is 7.11 Å². The van der Waals surface area contributed by atoms with Gasteiger partial charge in [-0.2, -0.15) is 0 Å². The third-order valence-electron chi connectivity index (χ3n) is 6.75. The number of benzene rings is 1. The maximum atomic E-state index is 11.4. The van der Waals surface area contributed by atoms with Gasteiger partial charge in [-0.05, 0) is 79.5 Å². The standard InChI is InChI=1S/C24H28N2O2/c1-28-22-5-3-2-4-20(22)16-8-10-18(11-9-16)24(27)23-21(17-6-7-17)13-12-19-14-25-15-26(19)23/h2-5,12-18,24,27H,6-11H2,1H3. The SMILES string of the molecule is COc1ccccc1C1CCC(C(O)c2c(C3CC3)ccc3cncn23)CC1. The number of nitrogens with zero attached hydrogens (tertiary/aromatic N) is 2. The highest BCUT2D eigenvalue weighted by molar-refractivity contribution is 5.50. The summed E-state index contributed by atoms with van der Waals surface area (Å²) in [5.41, 5.74) is 4.79. The summed E-state index contributed by atoms with van der Waals surface area (Å²) < 4.78 is 7.69. The van der Waals surface area contributed by atoms with E-state index in [9.17, 15) is 5.11 Å². The predicted molar refractivity (Wildman–Crippen MR) is 110 cm³/mol. The van der Waals surface area contributed by atoms with Crippen molar-refractivity contribution >= 4 is 5.52 Å². The molecule has 2 aliphatic carbocycles. The first-order valence-electron chi connectivity index (χ1n) is 10.5. The van der Waals surface area contributed by atoms with E-state index in [0.29, 0.717) is 17.8 Å². The molecule has 3 aromatic rings. The number of aliphatic hydroxyl groups excluding tert-OH is 1. The number of hydrogen-bond acceptors (Lipinski definition) is 3. The van der Waals surface area contributed by atoms with Crippen LogP contribution in [0.2, 0.25) is 0 Å². The Labute approximate surface area is 166 Å². The Kier molecular flexibility index (Phi) is 4.59. The average Bonchev–Trinajstić information content (AvgIpc) is 3.49. The maximum absolute atomic E-state index is 11.4. The monoisotopic (exact) mass is 376 g/mol. The maximum Gasteiger partial charge on any atom is 0.122 e. The second kappa shape index (κ2) is 7.25. The molecule has 4 heteroatoms. The van der Waals surface area contributed by atoms with Gasteiger partial charge < -0.3 is 14.2 Å². The molecular formula is C24H28N2O2. The number of rotatable bonds is 5. The fourth-order valence-electron chi connectivity index (χ4n) is 5.06. The molecule has 0 saturated heterocycles. The highest BCUT2D eigenvalue weighted by atomic mass is 16.5. The van der Waals surface area contributed by atoms with Crippen LogP contribution in [0.1, 0.15) is 73.3 Å². The van der Waals surface area contributed by atoms with E-state index in [0.717, 1.165) is 42.6 Å². The zero-order valence-electron chi connectivity index (χ0n) is 16.4. The summed E-state index contributed by atoms with van der Waals surface area (Å²) >= 11 is 0. The van der Waals surface area contributed by atoms with Gasteiger partial charge in [0, 0.05) is 0 Å². The fraction of sp³-hybridized carbons (Fsp3) is 0.458. The van der Waals surface area contributed by atoms with Gasteiger partial charge in [-0.3, -0.25) is 0 Å². The molecule has 2 aromatic heterocycles. The molecule has 1 unspecified atom stereocenters. The second-order valence-corrected chi connectivity index (χ2v) is 8.44. The van der Waals surface area contributed by atoms with Gasteiger partial charge in [-0.25, -0.2) is 4.98 Å². The molecule has 0 radical (unpaired) electrons. The molecule has 0 bridgehead atoms. The topological polar surface area (TPSA) is 46.8 Å². The summed E-state index contributed by atoms with van der Waals surface area (Å²) in [6.45, 7) is 0. The first-order valence-corrected chi connectivity index (χ1v) is 10.5. The van der Waals surface area contributed by atoms with Gasteiger partial charge in [-0.15, -0.1) is 0 Å². The number of pyridine rings is 1. The molecule has 28 heavy (non-hydrogen) atoms. The lowest BCUT2D eigenvalue weighted by Gasteiger charge is -2.33. The second-order valence-electron chi connectivity index (χ2n) is 8.44. The van der Waals surface area contributed by atoms with E-state index in [1.54, 1.807) is 7.11 Å². The molecule has 1 atom stereocenters. The van der Waals surface area contributed by atoms with Crippen LogP contribution in [-0.2, 0) is 0 Å². The molecule has 5 rings (SSSR count). The Morgan fingerprint density at radius 3 is 2.43 bits per heavy atom. The minimum Gasteiger partial charge on any atom is -0.496 e. The Balaban J connectivity index is 1.38. The van der Waals surface area contributed by atoms with E-state index in [-0.39, 0.29) is 0 Å². The van der Waals surface area contributed by atoms with E-state index < -0.39 is 6.10 Å². The van der Waals surface area contributed by atoms with Crippen molar-refractivity contribution in [3.05, 3.63) is 65.7 Å². The molecule has 1 N–H and O–H groups in total. The Morgan fingerprint density at radius 1 is 0.964 bits per heavy atom. The van der Waals surface area contributed by atoms with Gasteiger partial charge in [0.1, 0.15) is 5.75 Å². The Bertz CT molecular complexity index is 968. The summed E-state index contributed by atoms with van der Waals surface area (Å²) in [5.74, 6) is 2.43. The molecule has 0 amide bonds. The summed E-state index contributed by atoms with van der Waals surface area (Å²) in [6.07, 6.45) is 10.1. The van der Waals surface area contributed by atoms with Crippen molar-refractivity contribution in [3.63, 3.8) is 0 Å². The third kappa shape index (κ3) is 3.10. The van der Waals surface area contributed by atoms with Crippen LogP contribution in [-0.4, -0.2) is 21.6 Å². The molecule has 0 aliphatic heterocycles. The number of aromatic nitrogens is 2. The van der Waals surface area contributed by atoms with Crippen LogP contribution in [0, 0.1) is 5.92 Å². The van der Waals surface area contributed by atoms with Gasteiger partial charge >= 0.3 is 0 Å². The number of hydrogen-bond donors (Lipinski definition) is 1. The lowest BCUT2D eigenvalue weighted by Crippen LogP contribution is -2.22. The summed E-state index contributed by atoms with van der Waals surface area (Å²) in [7, 11) is 1.75. The molecule has 4 nitrogen and oxygen atoms in total. The molecule has 2 heterocycles. The van der Waals surface area contributed by atoms with E-state index in [2.05, 4.69) is 39.7 Å². The summed E-state index contributed by atoms with van der Waals surface area (Å²) in [5, 5.41) is 11.4. The van der Waals surface area contributed by atoms with Crippen molar-refractivity contribution in [3.8, 4) is 5.75 Å². The highest BCUT2D eigenvalue weighted by Gasteiger charge is 2.34. The summed E-state index contributed by atoms with van der Waals surface area (Å²) in [6, 6.07) is 12.7. The van der Waals surface area contributed by atoms with Crippen molar-refractivity contribution < 1.29 is 9.84 Å². The number of aliphatic hydroxyl groups is 1. The van der Waals surface area contributed by atoms with Gasteiger partial charge in [0.25, 0.3) is 0 Å². The van der Waals surface area contributed by atoms with E-state index in [1.165, 1.54) is 24.0 Å².